The van der Waals surface area contributed by atoms with E-state index in [9.17, 15) is 48.9 Å². The van der Waals surface area contributed by atoms with Crippen molar-refractivity contribution in [2.75, 3.05) is 24.7 Å². The van der Waals surface area contributed by atoms with Crippen molar-refractivity contribution in [3.63, 3.8) is 0 Å². The van der Waals surface area contributed by atoms with Crippen molar-refractivity contribution in [3.8, 4) is 0 Å². The number of benzene rings is 3. The number of para-hydroxylation sites is 1. The van der Waals surface area contributed by atoms with E-state index in [2.05, 4.69) is 42.2 Å². The number of aliphatic hydroxyl groups is 3. The van der Waals surface area contributed by atoms with Gasteiger partial charge < -0.3 is 69.0 Å². The Morgan fingerprint density at radius 1 is 0.718 bits per heavy atom. The second-order valence-corrected chi connectivity index (χ2v) is 20.0. The van der Waals surface area contributed by atoms with Crippen LogP contribution in [-0.2, 0) is 52.8 Å². The van der Waals surface area contributed by atoms with Gasteiger partial charge in [-0.05, 0) is 68.8 Å². The van der Waals surface area contributed by atoms with E-state index in [1.807, 2.05) is 30.3 Å². The van der Waals surface area contributed by atoms with Crippen molar-refractivity contribution < 1.29 is 48.9 Å². The Balaban J connectivity index is 1.56. The highest BCUT2D eigenvalue weighted by molar-refractivity contribution is 8.76. The van der Waals surface area contributed by atoms with E-state index in [1.54, 1.807) is 60.8 Å². The summed E-state index contributed by atoms with van der Waals surface area (Å²) in [6.45, 7) is 2.23. The molecule has 0 spiro atoms. The van der Waals surface area contributed by atoms with Crippen LogP contribution in [0.4, 0.5) is 0 Å². The van der Waals surface area contributed by atoms with Gasteiger partial charge in [-0.3, -0.25) is 33.6 Å². The summed E-state index contributed by atoms with van der Waals surface area (Å²) in [5.74, 6) is -6.01. The quantitative estimate of drug-likeness (QED) is 0.0455. The van der Waals surface area contributed by atoms with Gasteiger partial charge in [-0.1, -0.05) is 100 Å². The van der Waals surface area contributed by atoms with E-state index in [0.29, 0.717) is 24.0 Å². The maximum absolute atomic E-state index is 14.7. The number of H-pyrrole nitrogens is 1. The normalized spacial score (nSPS) is 22.8. The highest BCUT2D eigenvalue weighted by Gasteiger charge is 2.36. The molecule has 0 aliphatic carbocycles. The number of carbonyl (C=O) groups is 7. The van der Waals surface area contributed by atoms with E-state index in [-0.39, 0.29) is 43.7 Å². The van der Waals surface area contributed by atoms with Gasteiger partial charge in [-0.15, -0.1) is 0 Å². The Morgan fingerprint density at radius 3 is 1.96 bits per heavy atom. The maximum atomic E-state index is 14.7. The lowest BCUT2D eigenvalue weighted by Gasteiger charge is -2.29. The molecule has 3 unspecified atom stereocenters. The molecule has 2 heterocycles. The molecular formula is C49H66N10O10S2. The van der Waals surface area contributed by atoms with Crippen LogP contribution >= 0.6 is 21.6 Å². The third-order valence-corrected chi connectivity index (χ3v) is 14.3. The average molecular weight is 1020 g/mol. The predicted octanol–water partition coefficient (Wildman–Crippen LogP) is -0.805. The van der Waals surface area contributed by atoms with Crippen molar-refractivity contribution in [1.29, 1.82) is 0 Å². The fourth-order valence-electron chi connectivity index (χ4n) is 7.73. The number of hydrogen-bond acceptors (Lipinski definition) is 14. The highest BCUT2D eigenvalue weighted by atomic mass is 33.1. The number of aliphatic hydroxyl groups excluding tert-OH is 3. The van der Waals surface area contributed by atoms with Gasteiger partial charge in [0, 0.05) is 41.4 Å². The largest absolute Gasteiger partial charge is 0.394 e. The molecule has 4 aromatic rings. The van der Waals surface area contributed by atoms with Crippen molar-refractivity contribution in [3.05, 3.63) is 108 Å². The van der Waals surface area contributed by atoms with Crippen molar-refractivity contribution >= 4 is 73.8 Å². The van der Waals surface area contributed by atoms with E-state index in [1.165, 1.54) is 13.8 Å². The summed E-state index contributed by atoms with van der Waals surface area (Å²) in [5.41, 5.74) is 15.0. The molecule has 0 bridgehead atoms. The molecule has 22 heteroatoms. The molecule has 5 rings (SSSR count). The lowest BCUT2D eigenvalue weighted by atomic mass is 10.0. The van der Waals surface area contributed by atoms with Gasteiger partial charge in [-0.2, -0.15) is 0 Å². The van der Waals surface area contributed by atoms with Crippen LogP contribution in [-0.4, -0.2) is 147 Å². The van der Waals surface area contributed by atoms with Crippen LogP contribution in [0.5, 0.6) is 0 Å². The minimum atomic E-state index is -1.66. The molecule has 1 aliphatic heterocycles. The van der Waals surface area contributed by atoms with Gasteiger partial charge in [0.25, 0.3) is 0 Å². The standard InChI is InChI=1S/C49H66N10O10S2/c1-28(61)39(25-60)56-48(68)41-27-71-70-26-40(57-43(63)34(51)21-30-13-5-3-6-14-30)47(67)54-37(22-31-15-7-4-8-16-31)45(65)55-38(23-32-24-52-35-18-10-9-17-33(32)35)46(66)53-36(19-11-12-20-50)44(64)59-42(29(2)62)49(69)58-41/h3-10,13-18,24,28-29,34,36-42,52,60-62H,11-12,19-23,25-27,50-51H2,1-2H3,(H,53,66)(H,54,67)(H,55,65)(H,56,68)(H,57,63)(H,58,69)(H,59,64)/t28-,29-,34+,36+,37?,38+,39-,40?,41+,42?/m1/s1. The molecule has 1 aliphatic rings. The number of nitrogens with one attached hydrogen (secondary N) is 8. The highest BCUT2D eigenvalue weighted by Crippen LogP contribution is 2.24. The number of hydrogen-bond donors (Lipinski definition) is 13. The number of fused-ring (bicyclic) bond motifs is 1. The van der Waals surface area contributed by atoms with Crippen molar-refractivity contribution in [2.24, 2.45) is 11.5 Å². The average Bonchev–Trinajstić information content (AvgIpc) is 3.76. The second-order valence-electron chi connectivity index (χ2n) is 17.5. The molecular weight excluding hydrogens is 953 g/mol. The minimum Gasteiger partial charge on any atom is -0.394 e. The van der Waals surface area contributed by atoms with Crippen LogP contribution in [0.1, 0.15) is 49.8 Å². The summed E-state index contributed by atoms with van der Waals surface area (Å²) in [6, 6.07) is 14.6. The van der Waals surface area contributed by atoms with Crippen LogP contribution in [0, 0.1) is 0 Å². The molecule has 7 amide bonds. The molecule has 3 aromatic carbocycles. The van der Waals surface area contributed by atoms with Gasteiger partial charge in [-0.25, -0.2) is 0 Å². The predicted molar refractivity (Wildman–Crippen MR) is 272 cm³/mol. The van der Waals surface area contributed by atoms with E-state index in [4.69, 9.17) is 11.5 Å². The van der Waals surface area contributed by atoms with Crippen LogP contribution < -0.4 is 48.7 Å². The van der Waals surface area contributed by atoms with Gasteiger partial charge in [0.15, 0.2) is 0 Å². The number of nitrogens with two attached hydrogens (primary N) is 2. The zero-order chi connectivity index (χ0) is 51.5. The Labute approximate surface area is 420 Å². The van der Waals surface area contributed by atoms with Gasteiger partial charge in [0.2, 0.25) is 41.4 Å². The lowest BCUT2D eigenvalue weighted by Crippen LogP contribution is -2.62. The smallest absolute Gasteiger partial charge is 0.245 e. The molecule has 0 radical (unpaired) electrons. The first-order valence-electron chi connectivity index (χ1n) is 23.5. The first-order chi connectivity index (χ1) is 34.1. The monoisotopic (exact) mass is 1020 g/mol. The minimum absolute atomic E-state index is 0.0340. The number of aromatic nitrogens is 1. The molecule has 0 saturated carbocycles. The Hall–Kier alpha value is -6.01. The van der Waals surface area contributed by atoms with Crippen LogP contribution in [0.15, 0.2) is 91.1 Å². The Morgan fingerprint density at radius 2 is 1.31 bits per heavy atom. The summed E-state index contributed by atoms with van der Waals surface area (Å²) >= 11 is 0. The number of aromatic amines is 1. The molecule has 71 heavy (non-hydrogen) atoms. The molecule has 384 valence electrons. The molecule has 1 saturated heterocycles. The first-order valence-corrected chi connectivity index (χ1v) is 26.0. The lowest BCUT2D eigenvalue weighted by molar-refractivity contribution is -0.136. The second kappa shape index (κ2) is 28.1. The van der Waals surface area contributed by atoms with Gasteiger partial charge in [0.1, 0.15) is 36.3 Å². The summed E-state index contributed by atoms with van der Waals surface area (Å²) in [4.78, 5) is 103. The number of unbranched alkanes of at least 4 members (excludes halogenated alkanes) is 1. The molecule has 20 nitrogen and oxygen atoms in total. The molecule has 15 N–H and O–H groups in total. The summed E-state index contributed by atoms with van der Waals surface area (Å²) in [5, 5.41) is 50.5. The number of carbonyl (C=O) groups excluding carboxylic acids is 7. The topological polar surface area (TPSA) is 332 Å². The van der Waals surface area contributed by atoms with E-state index in [0.717, 1.165) is 38.1 Å². The van der Waals surface area contributed by atoms with Gasteiger partial charge in [0.05, 0.1) is 30.9 Å². The van der Waals surface area contributed by atoms with Crippen molar-refractivity contribution in [1.82, 2.24) is 42.2 Å². The first kappa shape index (κ1) is 55.9. The molecule has 1 aromatic heterocycles. The fraction of sp³-hybridized carbons (Fsp3) is 0.449. The summed E-state index contributed by atoms with van der Waals surface area (Å²) in [6.07, 6.45) is -0.156. The number of amides is 7. The number of rotatable bonds is 17. The van der Waals surface area contributed by atoms with Gasteiger partial charge >= 0.3 is 0 Å². The van der Waals surface area contributed by atoms with Crippen molar-refractivity contribution in [2.45, 2.75) is 113 Å². The SMILES string of the molecule is C[C@@H](O)C1NC(=O)[C@H](CCCCN)NC(=O)[C@H](Cc2c[nH]c3ccccc23)NC(=O)C(Cc2ccccc2)NC(=O)C(NC(=O)[C@@H](N)Cc2ccccc2)CSSC[C@@H](C(=O)N[C@H](CO)[C@@H](C)O)NC1=O. The van der Waals surface area contributed by atoms with E-state index < -0.39 is 108 Å². The zero-order valence-corrected chi connectivity index (χ0v) is 41.3. The Kier molecular flexibility index (Phi) is 22.2. The van der Waals surface area contributed by atoms with E-state index >= 15 is 0 Å². The summed E-state index contributed by atoms with van der Waals surface area (Å²) < 4.78 is 0. The third-order valence-electron chi connectivity index (χ3n) is 11.9. The Bertz CT molecular complexity index is 2400. The fourth-order valence-corrected chi connectivity index (χ4v) is 10.1. The maximum Gasteiger partial charge on any atom is 0.245 e. The van der Waals surface area contributed by atoms with Crippen LogP contribution in [0.2, 0.25) is 0 Å². The summed E-state index contributed by atoms with van der Waals surface area (Å²) in [7, 11) is 2.06. The third kappa shape index (κ3) is 17.1. The molecule has 10 atom stereocenters. The van der Waals surface area contributed by atoms with Crippen LogP contribution in [0.25, 0.3) is 10.9 Å². The zero-order valence-electron chi connectivity index (χ0n) is 39.7. The molecule has 1 fully saturated rings. The van der Waals surface area contributed by atoms with Crippen LogP contribution in [0.3, 0.4) is 0 Å².